The maximum Gasteiger partial charge on any atom is 0.320 e. The van der Waals surface area contributed by atoms with Gasteiger partial charge in [0.25, 0.3) is 0 Å². The predicted octanol–water partition coefficient (Wildman–Crippen LogP) is -0.636. The summed E-state index contributed by atoms with van der Waals surface area (Å²) in [7, 11) is -3.51. The van der Waals surface area contributed by atoms with Crippen molar-refractivity contribution in [2.24, 2.45) is 5.73 Å². The van der Waals surface area contributed by atoms with Crippen LogP contribution in [0.3, 0.4) is 0 Å². The summed E-state index contributed by atoms with van der Waals surface area (Å²) in [5, 5.41) is 10.9. The van der Waals surface area contributed by atoms with Crippen LogP contribution in [0.4, 0.5) is 0 Å². The number of carbonyl (C=O) groups is 1. The van der Waals surface area contributed by atoms with Gasteiger partial charge in [-0.25, -0.2) is 18.1 Å². The van der Waals surface area contributed by atoms with Crippen LogP contribution in [-0.4, -0.2) is 36.3 Å². The maximum atomic E-state index is 11.5. The van der Waals surface area contributed by atoms with E-state index in [9.17, 15) is 13.2 Å². The van der Waals surface area contributed by atoms with Crippen LogP contribution < -0.4 is 10.5 Å². The van der Waals surface area contributed by atoms with Gasteiger partial charge in [-0.2, -0.15) is 0 Å². The zero-order chi connectivity index (χ0) is 12.9. The lowest BCUT2D eigenvalue weighted by molar-refractivity contribution is -0.138. The van der Waals surface area contributed by atoms with Crippen LogP contribution in [0.15, 0.2) is 11.6 Å². The van der Waals surface area contributed by atoms with Crippen LogP contribution in [0.25, 0.3) is 0 Å². The van der Waals surface area contributed by atoms with Crippen molar-refractivity contribution >= 4 is 27.3 Å². The molecule has 9 heteroatoms. The molecule has 1 aromatic heterocycles. The molecule has 0 saturated heterocycles. The number of hydrogen-bond donors (Lipinski definition) is 3. The fraction of sp³-hybridized carbons (Fsp3) is 0.500. The second-order valence-electron chi connectivity index (χ2n) is 3.30. The molecule has 0 spiro atoms. The second-order valence-corrected chi connectivity index (χ2v) is 6.20. The van der Waals surface area contributed by atoms with Crippen molar-refractivity contribution in [1.82, 2.24) is 9.71 Å². The highest BCUT2D eigenvalue weighted by atomic mass is 32.2. The van der Waals surface area contributed by atoms with Crippen LogP contribution in [0.2, 0.25) is 0 Å². The smallest absolute Gasteiger partial charge is 0.320 e. The quantitative estimate of drug-likeness (QED) is 0.610. The Labute approximate surface area is 103 Å². The van der Waals surface area contributed by atoms with E-state index in [0.717, 1.165) is 0 Å². The summed E-state index contributed by atoms with van der Waals surface area (Å²) < 4.78 is 25.3. The first-order chi connectivity index (χ1) is 7.91. The summed E-state index contributed by atoms with van der Waals surface area (Å²) in [5.74, 6) is -1.52. The van der Waals surface area contributed by atoms with Gasteiger partial charge in [-0.3, -0.25) is 4.79 Å². The summed E-state index contributed by atoms with van der Waals surface area (Å²) in [6.45, 7) is 0.113. The van der Waals surface area contributed by atoms with Crippen molar-refractivity contribution < 1.29 is 18.3 Å². The van der Waals surface area contributed by atoms with Crippen molar-refractivity contribution in [3.05, 3.63) is 16.6 Å². The highest BCUT2D eigenvalue weighted by Gasteiger charge is 2.17. The minimum Gasteiger partial charge on any atom is -0.480 e. The molecule has 0 saturated carbocycles. The van der Waals surface area contributed by atoms with Gasteiger partial charge >= 0.3 is 5.97 Å². The molecule has 17 heavy (non-hydrogen) atoms. The maximum absolute atomic E-state index is 11.5. The van der Waals surface area contributed by atoms with Gasteiger partial charge in [0, 0.05) is 11.6 Å². The van der Waals surface area contributed by atoms with E-state index >= 15 is 0 Å². The van der Waals surface area contributed by atoms with Gasteiger partial charge in [0.15, 0.2) is 0 Å². The van der Waals surface area contributed by atoms with Gasteiger partial charge in [0.1, 0.15) is 11.0 Å². The van der Waals surface area contributed by atoms with Crippen LogP contribution in [0.1, 0.15) is 11.4 Å². The molecule has 0 bridgehead atoms. The Morgan fingerprint density at radius 3 is 2.88 bits per heavy atom. The fourth-order valence-corrected chi connectivity index (χ4v) is 2.70. The van der Waals surface area contributed by atoms with Crippen molar-refractivity contribution in [3.8, 4) is 0 Å². The molecule has 1 atom stereocenters. The van der Waals surface area contributed by atoms with E-state index in [1.807, 2.05) is 0 Å². The molecule has 0 unspecified atom stereocenters. The Kier molecular flexibility index (Phi) is 5.00. The van der Waals surface area contributed by atoms with Gasteiger partial charge in [-0.05, 0) is 6.42 Å². The molecule has 96 valence electrons. The molecule has 0 radical (unpaired) electrons. The zero-order valence-electron chi connectivity index (χ0n) is 8.87. The average molecular weight is 279 g/mol. The van der Waals surface area contributed by atoms with E-state index < -0.39 is 22.0 Å². The summed E-state index contributed by atoms with van der Waals surface area (Å²) in [6, 6.07) is -1.16. The Bertz CT molecular complexity index is 457. The number of hydrogen-bond acceptors (Lipinski definition) is 6. The van der Waals surface area contributed by atoms with Gasteiger partial charge in [0.2, 0.25) is 10.0 Å². The number of nitrogens with zero attached hydrogens (tertiary/aromatic N) is 1. The van der Waals surface area contributed by atoms with E-state index in [0.29, 0.717) is 5.01 Å². The minimum absolute atomic E-state index is 0.113. The standard InChI is InChI=1S/C8H13N3O4S2/c9-6(8(12)13)1-4-17(14,15)11-5-7-10-2-3-16-7/h2-3,6,11H,1,4-5,9H2,(H,12,13)/t6-/m0/s1. The monoisotopic (exact) mass is 279 g/mol. The number of aromatic nitrogens is 1. The summed E-state index contributed by atoms with van der Waals surface area (Å²) >= 11 is 1.34. The molecule has 0 aliphatic carbocycles. The number of carboxylic acid groups (broad SMARTS) is 1. The number of nitrogens with one attached hydrogen (secondary N) is 1. The summed E-state index contributed by atoms with van der Waals surface area (Å²) in [4.78, 5) is 14.3. The lowest BCUT2D eigenvalue weighted by atomic mass is 10.2. The normalized spacial score (nSPS) is 13.5. The first kappa shape index (κ1) is 14.0. The SMILES string of the molecule is N[C@@H](CCS(=O)(=O)NCc1nccs1)C(=O)O. The van der Waals surface area contributed by atoms with Crippen molar-refractivity contribution in [2.45, 2.75) is 19.0 Å². The first-order valence-electron chi connectivity index (χ1n) is 4.75. The number of thiazole rings is 1. The Morgan fingerprint density at radius 1 is 1.65 bits per heavy atom. The topological polar surface area (TPSA) is 122 Å². The van der Waals surface area contributed by atoms with Gasteiger partial charge in [0.05, 0.1) is 12.3 Å². The molecule has 0 aliphatic heterocycles. The highest BCUT2D eigenvalue weighted by molar-refractivity contribution is 7.89. The van der Waals surface area contributed by atoms with Gasteiger partial charge in [-0.15, -0.1) is 11.3 Å². The zero-order valence-corrected chi connectivity index (χ0v) is 10.5. The lowest BCUT2D eigenvalue weighted by Crippen LogP contribution is -2.35. The van der Waals surface area contributed by atoms with Gasteiger partial charge in [-0.1, -0.05) is 0 Å². The molecule has 1 rings (SSSR count). The second kappa shape index (κ2) is 6.05. The lowest BCUT2D eigenvalue weighted by Gasteiger charge is -2.07. The van der Waals surface area contributed by atoms with E-state index in [2.05, 4.69) is 9.71 Å². The third-order valence-corrected chi connectivity index (χ3v) is 4.08. The number of sulfonamides is 1. The molecule has 0 fully saturated rings. The first-order valence-corrected chi connectivity index (χ1v) is 7.28. The fourth-order valence-electron chi connectivity index (χ4n) is 0.990. The number of nitrogens with two attached hydrogens (primary N) is 1. The largest absolute Gasteiger partial charge is 0.480 e. The molecule has 1 heterocycles. The highest BCUT2D eigenvalue weighted by Crippen LogP contribution is 2.04. The number of carboxylic acids is 1. The van der Waals surface area contributed by atoms with Gasteiger partial charge < -0.3 is 10.8 Å². The van der Waals surface area contributed by atoms with Crippen LogP contribution in [0, 0.1) is 0 Å². The third kappa shape index (κ3) is 5.22. The Hall–Kier alpha value is -1.03. The van der Waals surface area contributed by atoms with Crippen molar-refractivity contribution in [2.75, 3.05) is 5.75 Å². The van der Waals surface area contributed by atoms with Crippen LogP contribution >= 0.6 is 11.3 Å². The van der Waals surface area contributed by atoms with E-state index in [4.69, 9.17) is 10.8 Å². The third-order valence-electron chi connectivity index (χ3n) is 1.94. The summed E-state index contributed by atoms with van der Waals surface area (Å²) in [6.07, 6.45) is 1.46. The Morgan fingerprint density at radius 2 is 2.35 bits per heavy atom. The average Bonchev–Trinajstić information content (AvgIpc) is 2.76. The van der Waals surface area contributed by atoms with E-state index in [1.165, 1.54) is 11.3 Å². The van der Waals surface area contributed by atoms with Crippen molar-refractivity contribution in [3.63, 3.8) is 0 Å². The molecule has 0 aliphatic rings. The molecule has 0 aromatic carbocycles. The molecule has 1 aromatic rings. The molecule has 7 nitrogen and oxygen atoms in total. The van der Waals surface area contributed by atoms with Crippen LogP contribution in [0.5, 0.6) is 0 Å². The predicted molar refractivity (Wildman–Crippen MR) is 63.0 cm³/mol. The number of aliphatic carboxylic acids is 1. The summed E-state index contributed by atoms with van der Waals surface area (Å²) in [5.41, 5.74) is 5.21. The molecule has 4 N–H and O–H groups in total. The Balaban J connectivity index is 2.39. The minimum atomic E-state index is -3.51. The molecule has 0 amide bonds. The molecular weight excluding hydrogens is 266 g/mol. The van der Waals surface area contributed by atoms with E-state index in [-0.39, 0.29) is 18.7 Å². The van der Waals surface area contributed by atoms with E-state index in [1.54, 1.807) is 11.6 Å². The van der Waals surface area contributed by atoms with Crippen molar-refractivity contribution in [1.29, 1.82) is 0 Å². The molecular formula is C8H13N3O4S2. The van der Waals surface area contributed by atoms with Crippen LogP contribution in [-0.2, 0) is 21.4 Å². The number of rotatable bonds is 7.